The van der Waals surface area contributed by atoms with Crippen molar-refractivity contribution >= 4 is 34.4 Å². The van der Waals surface area contributed by atoms with E-state index in [1.807, 2.05) is 0 Å². The van der Waals surface area contributed by atoms with E-state index in [1.165, 1.54) is 23.2 Å². The first-order valence-electron chi connectivity index (χ1n) is 10.5. The molecule has 1 atom stereocenters. The summed E-state index contributed by atoms with van der Waals surface area (Å²) in [4.78, 5) is 22.5. The number of nitrogens with zero attached hydrogens (tertiary/aromatic N) is 3. The van der Waals surface area contributed by atoms with Crippen molar-refractivity contribution in [2.75, 3.05) is 24.6 Å². The number of aromatic nitrogens is 1. The standard InChI is InChI=1S/C22H17ClF5N3O3S/c23-15-5-14(2-3-16(15)24)21(22(26,27)28)6-17(30-34-21)12-1-4-18(29-7-12)20(25)10-31(11-20)19(32)13-8-35(33)9-13/h1-5,7,13H,6,8-11H2. The molecule has 1 amide bonds. The van der Waals surface area contributed by atoms with E-state index in [9.17, 15) is 26.9 Å². The molecule has 0 bridgehead atoms. The average Bonchev–Trinajstić information content (AvgIpc) is 3.23. The zero-order valence-electron chi connectivity index (χ0n) is 17.8. The van der Waals surface area contributed by atoms with Gasteiger partial charge in [-0.2, -0.15) is 13.2 Å². The van der Waals surface area contributed by atoms with Crippen molar-refractivity contribution in [3.63, 3.8) is 0 Å². The highest BCUT2D eigenvalue weighted by Gasteiger charge is 2.62. The number of halogens is 6. The summed E-state index contributed by atoms with van der Waals surface area (Å²) in [6.45, 7) is -0.401. The fraction of sp³-hybridized carbons (Fsp3) is 0.409. The second-order valence-electron chi connectivity index (χ2n) is 8.82. The minimum absolute atomic E-state index is 0.0365. The van der Waals surface area contributed by atoms with Gasteiger partial charge in [0.05, 0.1) is 35.9 Å². The number of carbonyl (C=O) groups excluding carboxylic acids is 1. The largest absolute Gasteiger partial charge is 0.616 e. The van der Waals surface area contributed by atoms with Gasteiger partial charge in [-0.1, -0.05) is 34.0 Å². The highest BCUT2D eigenvalue weighted by atomic mass is 35.5. The molecule has 35 heavy (non-hydrogen) atoms. The molecule has 3 aliphatic rings. The number of carbonyl (C=O) groups is 1. The van der Waals surface area contributed by atoms with E-state index in [4.69, 9.17) is 16.4 Å². The maximum absolute atomic E-state index is 15.2. The fourth-order valence-corrected chi connectivity index (χ4v) is 5.58. The zero-order valence-corrected chi connectivity index (χ0v) is 19.4. The Kier molecular flexibility index (Phi) is 5.76. The molecule has 3 aliphatic heterocycles. The quantitative estimate of drug-likeness (QED) is 0.442. The van der Waals surface area contributed by atoms with E-state index in [-0.39, 0.29) is 53.4 Å². The van der Waals surface area contributed by atoms with E-state index in [1.54, 1.807) is 0 Å². The maximum atomic E-state index is 15.2. The molecule has 2 fully saturated rings. The van der Waals surface area contributed by atoms with Gasteiger partial charge in [-0.05, 0) is 24.3 Å². The summed E-state index contributed by atoms with van der Waals surface area (Å²) in [5, 5.41) is 3.12. The van der Waals surface area contributed by atoms with Gasteiger partial charge in [0.1, 0.15) is 23.2 Å². The molecule has 186 valence electrons. The van der Waals surface area contributed by atoms with Crippen molar-refractivity contribution in [1.82, 2.24) is 9.88 Å². The summed E-state index contributed by atoms with van der Waals surface area (Å²) in [6, 6.07) is 5.32. The van der Waals surface area contributed by atoms with Gasteiger partial charge in [0.15, 0.2) is 5.67 Å². The average molecular weight is 534 g/mol. The SMILES string of the molecule is O=C(C1C[S+]([O-])C1)N1CC(F)(c2ccc(C3=NOC(c4ccc(F)c(Cl)c4)(C(F)(F)F)C3)cn2)C1. The summed E-state index contributed by atoms with van der Waals surface area (Å²) < 4.78 is 82.1. The van der Waals surface area contributed by atoms with Gasteiger partial charge in [-0.3, -0.25) is 9.78 Å². The molecule has 0 saturated carbocycles. The lowest BCUT2D eigenvalue weighted by atomic mass is 9.86. The van der Waals surface area contributed by atoms with Crippen molar-refractivity contribution < 1.29 is 36.1 Å². The lowest BCUT2D eigenvalue weighted by Gasteiger charge is -2.46. The first-order valence-corrected chi connectivity index (χ1v) is 12.4. The van der Waals surface area contributed by atoms with E-state index in [0.29, 0.717) is 0 Å². The van der Waals surface area contributed by atoms with Crippen LogP contribution in [0.4, 0.5) is 22.0 Å². The van der Waals surface area contributed by atoms with E-state index in [2.05, 4.69) is 10.1 Å². The molecule has 0 N–H and O–H groups in total. The van der Waals surface area contributed by atoms with Crippen LogP contribution in [0.25, 0.3) is 0 Å². The molecule has 4 heterocycles. The number of alkyl halides is 4. The second-order valence-corrected chi connectivity index (χ2v) is 10.8. The number of pyridine rings is 1. The molecule has 1 unspecified atom stereocenters. The van der Waals surface area contributed by atoms with Crippen molar-refractivity contribution in [1.29, 1.82) is 0 Å². The molecule has 0 radical (unpaired) electrons. The van der Waals surface area contributed by atoms with Crippen LogP contribution in [0.2, 0.25) is 5.02 Å². The van der Waals surface area contributed by atoms with E-state index < -0.39 is 51.4 Å². The molecule has 0 spiro atoms. The van der Waals surface area contributed by atoms with Gasteiger partial charge < -0.3 is 14.3 Å². The van der Waals surface area contributed by atoms with E-state index in [0.717, 1.165) is 18.2 Å². The minimum Gasteiger partial charge on any atom is -0.616 e. The van der Waals surface area contributed by atoms with Crippen LogP contribution in [0, 0.1) is 11.7 Å². The Morgan fingerprint density at radius 2 is 1.94 bits per heavy atom. The number of likely N-dealkylation sites (tertiary alicyclic amines) is 1. The van der Waals surface area contributed by atoms with Crippen LogP contribution >= 0.6 is 11.6 Å². The fourth-order valence-electron chi connectivity index (χ4n) is 4.31. The summed E-state index contributed by atoms with van der Waals surface area (Å²) in [5.41, 5.74) is -4.99. The van der Waals surface area contributed by atoms with Crippen LogP contribution in [-0.4, -0.2) is 56.8 Å². The normalized spacial score (nSPS) is 27.5. The Morgan fingerprint density at radius 1 is 1.23 bits per heavy atom. The summed E-state index contributed by atoms with van der Waals surface area (Å²) >= 11 is 4.69. The highest BCUT2D eigenvalue weighted by molar-refractivity contribution is 7.92. The molecular weight excluding hydrogens is 517 g/mol. The molecule has 13 heteroatoms. The summed E-state index contributed by atoms with van der Waals surface area (Å²) in [7, 11) is 0. The Morgan fingerprint density at radius 3 is 2.51 bits per heavy atom. The molecule has 1 aromatic heterocycles. The van der Waals surface area contributed by atoms with Gasteiger partial charge in [0, 0.05) is 17.3 Å². The zero-order chi connectivity index (χ0) is 25.2. The van der Waals surface area contributed by atoms with Crippen LogP contribution in [0.1, 0.15) is 23.2 Å². The summed E-state index contributed by atoms with van der Waals surface area (Å²) in [5.74, 6) is -0.882. The number of oxime groups is 1. The van der Waals surface area contributed by atoms with Gasteiger partial charge in [-0.15, -0.1) is 0 Å². The first-order chi connectivity index (χ1) is 16.4. The smallest absolute Gasteiger partial charge is 0.435 e. The molecule has 6 nitrogen and oxygen atoms in total. The Bertz CT molecular complexity index is 1200. The van der Waals surface area contributed by atoms with Gasteiger partial charge >= 0.3 is 6.18 Å². The molecule has 5 rings (SSSR count). The van der Waals surface area contributed by atoms with Crippen molar-refractivity contribution in [3.8, 4) is 0 Å². The predicted octanol–water partition coefficient (Wildman–Crippen LogP) is 3.84. The number of hydrogen-bond donors (Lipinski definition) is 0. The number of amides is 1. The Hall–Kier alpha value is -2.44. The van der Waals surface area contributed by atoms with Crippen molar-refractivity contribution in [3.05, 3.63) is 64.2 Å². The molecular formula is C22H17ClF5N3O3S. The minimum atomic E-state index is -4.90. The van der Waals surface area contributed by atoms with Crippen LogP contribution in [0.3, 0.4) is 0 Å². The molecule has 2 saturated heterocycles. The molecule has 0 aliphatic carbocycles. The third-order valence-corrected chi connectivity index (χ3v) is 8.28. The van der Waals surface area contributed by atoms with E-state index >= 15 is 4.39 Å². The van der Waals surface area contributed by atoms with Crippen LogP contribution in [-0.2, 0) is 32.1 Å². The van der Waals surface area contributed by atoms with Crippen LogP contribution < -0.4 is 0 Å². The Balaban J connectivity index is 1.30. The van der Waals surface area contributed by atoms with Gasteiger partial charge in [0.2, 0.25) is 5.91 Å². The number of hydrogen-bond acceptors (Lipinski definition) is 5. The monoisotopic (exact) mass is 533 g/mol. The van der Waals surface area contributed by atoms with Crippen LogP contribution in [0.5, 0.6) is 0 Å². The third kappa shape index (κ3) is 4.05. The first kappa shape index (κ1) is 24.3. The molecule has 1 aromatic carbocycles. The van der Waals surface area contributed by atoms with Crippen molar-refractivity contribution in [2.24, 2.45) is 11.1 Å². The lowest BCUT2D eigenvalue weighted by Crippen LogP contribution is -2.62. The van der Waals surface area contributed by atoms with Crippen LogP contribution in [0.15, 0.2) is 41.7 Å². The second kappa shape index (κ2) is 8.31. The number of benzene rings is 1. The predicted molar refractivity (Wildman–Crippen MR) is 116 cm³/mol. The highest BCUT2D eigenvalue weighted by Crippen LogP contribution is 2.49. The lowest BCUT2D eigenvalue weighted by molar-refractivity contribution is -0.275. The Labute approximate surface area is 204 Å². The third-order valence-electron chi connectivity index (χ3n) is 6.45. The van der Waals surface area contributed by atoms with Crippen molar-refractivity contribution in [2.45, 2.75) is 23.9 Å². The maximum Gasteiger partial charge on any atom is 0.435 e. The molecule has 2 aromatic rings. The topological polar surface area (TPSA) is 77.8 Å². The van der Waals surface area contributed by atoms with Gasteiger partial charge in [-0.25, -0.2) is 8.78 Å². The number of rotatable bonds is 4. The summed E-state index contributed by atoms with van der Waals surface area (Å²) in [6.07, 6.45) is -4.42. The van der Waals surface area contributed by atoms with Gasteiger partial charge in [0.25, 0.3) is 5.60 Å².